The van der Waals surface area contributed by atoms with Crippen molar-refractivity contribution in [1.82, 2.24) is 19.4 Å². The number of hydrogen-bond acceptors (Lipinski definition) is 4. The molecule has 0 bridgehead atoms. The second-order valence-corrected chi connectivity index (χ2v) is 8.28. The van der Waals surface area contributed by atoms with E-state index in [0.717, 1.165) is 16.2 Å². The van der Waals surface area contributed by atoms with Crippen molar-refractivity contribution in [3.8, 4) is 5.69 Å². The minimum atomic E-state index is -0.899. The number of aryl methyl sites for hydroxylation is 1. The summed E-state index contributed by atoms with van der Waals surface area (Å²) in [4.78, 5) is 44.4. The number of rotatable bonds is 6. The van der Waals surface area contributed by atoms with Crippen LogP contribution in [0.5, 0.6) is 0 Å². The van der Waals surface area contributed by atoms with Crippen molar-refractivity contribution >= 4 is 28.4 Å². The number of nitrogens with zero attached hydrogens (tertiary/aromatic N) is 3. The Kier molecular flexibility index (Phi) is 6.61. The lowest BCUT2D eigenvalue weighted by Gasteiger charge is -2.22. The van der Waals surface area contributed by atoms with Gasteiger partial charge in [0.2, 0.25) is 5.91 Å². The van der Waals surface area contributed by atoms with E-state index in [-0.39, 0.29) is 28.5 Å². The van der Waals surface area contributed by atoms with E-state index in [9.17, 15) is 18.8 Å². The van der Waals surface area contributed by atoms with Gasteiger partial charge in [0.25, 0.3) is 5.56 Å². The first-order valence-electron chi connectivity index (χ1n) is 10.7. The fourth-order valence-corrected chi connectivity index (χ4v) is 4.06. The summed E-state index contributed by atoms with van der Waals surface area (Å²) in [6.07, 6.45) is 1.92. The Morgan fingerprint density at radius 3 is 2.62 bits per heavy atom. The molecule has 0 radical (unpaired) electrons. The largest absolute Gasteiger partial charge is 0.349 e. The number of amides is 1. The molecule has 9 heteroatoms. The zero-order valence-electron chi connectivity index (χ0n) is 18.6. The van der Waals surface area contributed by atoms with E-state index in [1.54, 1.807) is 43.5 Å². The lowest BCUT2D eigenvalue weighted by atomic mass is 10.1. The quantitative estimate of drug-likeness (QED) is 0.453. The van der Waals surface area contributed by atoms with Gasteiger partial charge in [-0.15, -0.1) is 0 Å². The number of carbonyl (C=O) groups excluding carboxylic acids is 1. The predicted octanol–water partition coefficient (Wildman–Crippen LogP) is 3.92. The van der Waals surface area contributed by atoms with Crippen molar-refractivity contribution in [2.45, 2.75) is 32.9 Å². The molecule has 0 saturated carbocycles. The highest BCUT2D eigenvalue weighted by atomic mass is 35.5. The van der Waals surface area contributed by atoms with Gasteiger partial charge >= 0.3 is 5.69 Å². The first-order chi connectivity index (χ1) is 16.3. The van der Waals surface area contributed by atoms with Crippen LogP contribution in [0.1, 0.15) is 30.6 Å². The summed E-state index contributed by atoms with van der Waals surface area (Å²) < 4.78 is 16.0. The lowest BCUT2D eigenvalue weighted by molar-refractivity contribution is -0.124. The first kappa shape index (κ1) is 23.4. The van der Waals surface area contributed by atoms with Crippen molar-refractivity contribution < 1.29 is 9.18 Å². The number of pyridine rings is 1. The molecule has 34 heavy (non-hydrogen) atoms. The van der Waals surface area contributed by atoms with Crippen LogP contribution >= 0.6 is 11.6 Å². The molecular formula is C25H22ClFN4O3. The van der Waals surface area contributed by atoms with Crippen molar-refractivity contribution in [2.75, 3.05) is 0 Å². The number of nitrogens with one attached hydrogen (secondary N) is 1. The van der Waals surface area contributed by atoms with Gasteiger partial charge in [-0.3, -0.25) is 19.1 Å². The highest BCUT2D eigenvalue weighted by Crippen LogP contribution is 2.21. The first-order valence-corrected chi connectivity index (χ1v) is 11.1. The standard InChI is InChI=1S/C25H22ClFN4O3/c1-3-21(23(32)29-14-16-6-4-5-11-28-16)31-22-10-7-15(2)12-18(22)24(33)30(25(31)34)17-8-9-20(27)19(26)13-17/h4-13,21H,3,14H2,1-2H3,(H,29,32). The topological polar surface area (TPSA) is 86.0 Å². The predicted molar refractivity (Wildman–Crippen MR) is 129 cm³/mol. The Hall–Kier alpha value is -3.78. The van der Waals surface area contributed by atoms with Crippen LogP contribution in [0.2, 0.25) is 5.02 Å². The number of hydrogen-bond donors (Lipinski definition) is 1. The van der Waals surface area contributed by atoms with Gasteiger partial charge in [0.1, 0.15) is 11.9 Å². The number of aromatic nitrogens is 3. The molecule has 0 fully saturated rings. The van der Waals surface area contributed by atoms with Gasteiger partial charge in [0.15, 0.2) is 0 Å². The summed E-state index contributed by atoms with van der Waals surface area (Å²) in [6, 6.07) is 13.2. The fourth-order valence-electron chi connectivity index (χ4n) is 3.89. The van der Waals surface area contributed by atoms with Gasteiger partial charge in [-0.05, 0) is 55.8 Å². The number of carbonyl (C=O) groups is 1. The Morgan fingerprint density at radius 2 is 1.94 bits per heavy atom. The fraction of sp³-hybridized carbons (Fsp3) is 0.200. The molecule has 0 aliphatic rings. The average molecular weight is 481 g/mol. The van der Waals surface area contributed by atoms with Gasteiger partial charge in [-0.25, -0.2) is 13.8 Å². The van der Waals surface area contributed by atoms with Gasteiger partial charge < -0.3 is 5.32 Å². The molecule has 1 atom stereocenters. The highest BCUT2D eigenvalue weighted by molar-refractivity contribution is 6.30. The van der Waals surface area contributed by atoms with Crippen LogP contribution in [0.3, 0.4) is 0 Å². The van der Waals surface area contributed by atoms with Gasteiger partial charge in [-0.1, -0.05) is 36.2 Å². The molecule has 4 rings (SSSR count). The number of fused-ring (bicyclic) bond motifs is 1. The monoisotopic (exact) mass is 480 g/mol. The Morgan fingerprint density at radius 1 is 1.15 bits per heavy atom. The zero-order chi connectivity index (χ0) is 24.4. The van der Waals surface area contributed by atoms with Crippen molar-refractivity contribution in [1.29, 1.82) is 0 Å². The molecule has 0 aliphatic carbocycles. The molecule has 0 aliphatic heterocycles. The third kappa shape index (κ3) is 4.36. The maximum atomic E-state index is 13.8. The maximum absolute atomic E-state index is 13.8. The summed E-state index contributed by atoms with van der Waals surface area (Å²) in [5.74, 6) is -1.06. The Balaban J connectivity index is 1.89. The average Bonchev–Trinajstić information content (AvgIpc) is 2.83. The van der Waals surface area contributed by atoms with Crippen molar-refractivity contribution in [3.05, 3.63) is 104 Å². The van der Waals surface area contributed by atoms with Crippen molar-refractivity contribution in [2.24, 2.45) is 0 Å². The summed E-state index contributed by atoms with van der Waals surface area (Å²) in [5, 5.41) is 2.86. The molecule has 0 saturated heterocycles. The van der Waals surface area contributed by atoms with Crippen LogP contribution in [0.15, 0.2) is 70.4 Å². The van der Waals surface area contributed by atoms with E-state index >= 15 is 0 Å². The normalized spacial score (nSPS) is 12.0. The van der Waals surface area contributed by atoms with Crippen LogP contribution in [0.25, 0.3) is 16.6 Å². The van der Waals surface area contributed by atoms with E-state index < -0.39 is 23.1 Å². The second-order valence-electron chi connectivity index (χ2n) is 7.88. The third-order valence-electron chi connectivity index (χ3n) is 5.57. The summed E-state index contributed by atoms with van der Waals surface area (Å²) in [7, 11) is 0. The SMILES string of the molecule is CCC(C(=O)NCc1ccccn1)n1c(=O)n(-c2ccc(F)c(Cl)c2)c(=O)c2cc(C)ccc21. The van der Waals surface area contributed by atoms with Gasteiger partial charge in [-0.2, -0.15) is 0 Å². The minimum absolute atomic E-state index is 0.113. The Bertz CT molecular complexity index is 1500. The molecule has 1 amide bonds. The number of halogens is 2. The lowest BCUT2D eigenvalue weighted by Crippen LogP contribution is -2.44. The highest BCUT2D eigenvalue weighted by Gasteiger charge is 2.25. The number of benzene rings is 2. The van der Waals surface area contributed by atoms with E-state index in [1.165, 1.54) is 16.7 Å². The molecular weight excluding hydrogens is 459 g/mol. The smallest absolute Gasteiger partial charge is 0.336 e. The molecule has 0 spiro atoms. The molecule has 2 aromatic heterocycles. The molecule has 2 aromatic carbocycles. The molecule has 1 unspecified atom stereocenters. The molecule has 7 nitrogen and oxygen atoms in total. The van der Waals surface area contributed by atoms with E-state index in [2.05, 4.69) is 10.3 Å². The van der Waals surface area contributed by atoms with Crippen molar-refractivity contribution in [3.63, 3.8) is 0 Å². The van der Waals surface area contributed by atoms with Gasteiger partial charge in [0.05, 0.1) is 33.9 Å². The van der Waals surface area contributed by atoms with Gasteiger partial charge in [0, 0.05) is 6.20 Å². The molecule has 2 heterocycles. The van der Waals surface area contributed by atoms with Crippen LogP contribution in [-0.2, 0) is 11.3 Å². The molecule has 1 N–H and O–H groups in total. The zero-order valence-corrected chi connectivity index (χ0v) is 19.3. The summed E-state index contributed by atoms with van der Waals surface area (Å²) in [6.45, 7) is 3.79. The third-order valence-corrected chi connectivity index (χ3v) is 5.86. The van der Waals surface area contributed by atoms with Crippen LogP contribution < -0.4 is 16.6 Å². The summed E-state index contributed by atoms with van der Waals surface area (Å²) >= 11 is 5.92. The minimum Gasteiger partial charge on any atom is -0.349 e. The maximum Gasteiger partial charge on any atom is 0.336 e. The second kappa shape index (κ2) is 9.61. The molecule has 4 aromatic rings. The van der Waals surface area contributed by atoms with Crippen LogP contribution in [0.4, 0.5) is 4.39 Å². The van der Waals surface area contributed by atoms with E-state index in [1.807, 2.05) is 13.0 Å². The Labute approximate surface area is 199 Å². The summed E-state index contributed by atoms with van der Waals surface area (Å²) in [5.41, 5.74) is 0.637. The van der Waals surface area contributed by atoms with Crippen LogP contribution in [-0.4, -0.2) is 20.0 Å². The van der Waals surface area contributed by atoms with Crippen LogP contribution in [0, 0.1) is 12.7 Å². The van der Waals surface area contributed by atoms with E-state index in [4.69, 9.17) is 11.6 Å². The van der Waals surface area contributed by atoms with E-state index in [0.29, 0.717) is 17.6 Å². The molecule has 174 valence electrons.